The van der Waals surface area contributed by atoms with Crippen LogP contribution in [0, 0.1) is 35.5 Å². The first-order valence-electron chi connectivity index (χ1n) is 11.1. The van der Waals surface area contributed by atoms with Crippen LogP contribution in [0.4, 0.5) is 0 Å². The van der Waals surface area contributed by atoms with Gasteiger partial charge in [0, 0.05) is 12.1 Å². The van der Waals surface area contributed by atoms with E-state index < -0.39 is 0 Å². The zero-order valence-corrected chi connectivity index (χ0v) is 16.3. The second kappa shape index (κ2) is 8.54. The Hall–Kier alpha value is -0.0800. The molecule has 3 aliphatic carbocycles. The van der Waals surface area contributed by atoms with Gasteiger partial charge >= 0.3 is 0 Å². The average Bonchev–Trinajstić information content (AvgIpc) is 2.62. The summed E-state index contributed by atoms with van der Waals surface area (Å²) in [5, 5.41) is 0. The summed E-state index contributed by atoms with van der Waals surface area (Å²) in [5.74, 6) is 5.72. The highest BCUT2D eigenvalue weighted by Crippen LogP contribution is 2.45. The lowest BCUT2D eigenvalue weighted by Crippen LogP contribution is -2.35. The molecule has 0 saturated heterocycles. The normalized spacial score (nSPS) is 44.0. The quantitative estimate of drug-likeness (QED) is 0.751. The first kappa shape index (κ1) is 18.7. The lowest BCUT2D eigenvalue weighted by atomic mass is 9.63. The lowest BCUT2D eigenvalue weighted by molar-refractivity contribution is 0.0834. The molecule has 3 fully saturated rings. The summed E-state index contributed by atoms with van der Waals surface area (Å²) in [6.45, 7) is 5.14. The van der Waals surface area contributed by atoms with Crippen LogP contribution < -0.4 is 11.5 Å². The van der Waals surface area contributed by atoms with Gasteiger partial charge in [-0.25, -0.2) is 0 Å². The highest BCUT2D eigenvalue weighted by Gasteiger charge is 2.36. The maximum atomic E-state index is 6.12. The van der Waals surface area contributed by atoms with E-state index in [9.17, 15) is 0 Å². The van der Waals surface area contributed by atoms with Crippen molar-refractivity contribution in [2.75, 3.05) is 0 Å². The molecule has 0 aromatic carbocycles. The van der Waals surface area contributed by atoms with Gasteiger partial charge in [-0.2, -0.15) is 0 Å². The van der Waals surface area contributed by atoms with E-state index in [1.165, 1.54) is 77.0 Å². The van der Waals surface area contributed by atoms with Crippen LogP contribution in [0.1, 0.15) is 90.9 Å². The van der Waals surface area contributed by atoms with E-state index in [0.29, 0.717) is 12.1 Å². The van der Waals surface area contributed by atoms with E-state index in [-0.39, 0.29) is 0 Å². The Morgan fingerprint density at radius 2 is 0.917 bits per heavy atom. The molecular weight excluding hydrogens is 292 g/mol. The van der Waals surface area contributed by atoms with Crippen LogP contribution in [0.5, 0.6) is 0 Å². The molecule has 140 valence electrons. The Bertz CT molecular complexity index is 332. The van der Waals surface area contributed by atoms with E-state index in [1.807, 2.05) is 0 Å². The molecule has 4 atom stereocenters. The van der Waals surface area contributed by atoms with Gasteiger partial charge < -0.3 is 11.5 Å². The van der Waals surface area contributed by atoms with Gasteiger partial charge in [0.15, 0.2) is 0 Å². The monoisotopic (exact) mass is 334 g/mol. The molecule has 3 saturated carbocycles. The molecule has 2 nitrogen and oxygen atoms in total. The van der Waals surface area contributed by atoms with Crippen LogP contribution in [0.25, 0.3) is 0 Å². The summed E-state index contributed by atoms with van der Waals surface area (Å²) in [5.41, 5.74) is 12.2. The third-order valence-electron chi connectivity index (χ3n) is 8.36. The van der Waals surface area contributed by atoms with E-state index >= 15 is 0 Å². The summed E-state index contributed by atoms with van der Waals surface area (Å²) in [6, 6.07) is 0.982. The van der Waals surface area contributed by atoms with Gasteiger partial charge in [0.2, 0.25) is 0 Å². The van der Waals surface area contributed by atoms with Crippen LogP contribution in [0.2, 0.25) is 0 Å². The molecular formula is C22H42N2. The van der Waals surface area contributed by atoms with Crippen molar-refractivity contribution in [3.63, 3.8) is 0 Å². The Morgan fingerprint density at radius 1 is 0.542 bits per heavy atom. The van der Waals surface area contributed by atoms with Crippen LogP contribution in [0.15, 0.2) is 0 Å². The highest BCUT2D eigenvalue weighted by atomic mass is 14.6. The van der Waals surface area contributed by atoms with Crippen molar-refractivity contribution in [1.29, 1.82) is 0 Å². The Labute approximate surface area is 150 Å². The van der Waals surface area contributed by atoms with Crippen molar-refractivity contribution in [3.8, 4) is 0 Å². The molecule has 3 aliphatic rings. The van der Waals surface area contributed by atoms with Gasteiger partial charge in [-0.3, -0.25) is 0 Å². The van der Waals surface area contributed by atoms with Crippen molar-refractivity contribution in [2.45, 2.75) is 103 Å². The molecule has 0 heterocycles. The second-order valence-electron chi connectivity index (χ2n) is 9.75. The van der Waals surface area contributed by atoms with Crippen molar-refractivity contribution in [1.82, 2.24) is 0 Å². The molecule has 3 rings (SSSR count). The SMILES string of the molecule is CC(C1CCC(N)CC1)C1CCCC(C(C)C2CCC(N)CC2)C1. The van der Waals surface area contributed by atoms with E-state index in [1.54, 1.807) is 0 Å². The summed E-state index contributed by atoms with van der Waals surface area (Å²) >= 11 is 0. The fourth-order valence-electron chi connectivity index (χ4n) is 6.33. The molecule has 4 N–H and O–H groups in total. The smallest absolute Gasteiger partial charge is 0.00390 e. The van der Waals surface area contributed by atoms with Crippen LogP contribution >= 0.6 is 0 Å². The van der Waals surface area contributed by atoms with E-state index in [2.05, 4.69) is 13.8 Å². The third kappa shape index (κ3) is 4.55. The standard InChI is InChI=1S/C22H42N2/c1-15(17-6-10-21(23)11-7-17)19-4-3-5-20(14-19)16(2)18-8-12-22(24)13-9-18/h15-22H,3-14,23-24H2,1-2H3. The zero-order chi connectivity index (χ0) is 17.1. The molecule has 0 aromatic heterocycles. The molecule has 2 heteroatoms. The fourth-order valence-corrected chi connectivity index (χ4v) is 6.33. The Kier molecular flexibility index (Phi) is 6.65. The predicted octanol–water partition coefficient (Wildman–Crippen LogP) is 5.10. The molecule has 0 spiro atoms. The third-order valence-corrected chi connectivity index (χ3v) is 8.36. The molecule has 0 amide bonds. The van der Waals surface area contributed by atoms with Crippen molar-refractivity contribution >= 4 is 0 Å². The maximum absolute atomic E-state index is 6.12. The average molecular weight is 335 g/mol. The van der Waals surface area contributed by atoms with Crippen LogP contribution in [0.3, 0.4) is 0 Å². The topological polar surface area (TPSA) is 52.0 Å². The molecule has 24 heavy (non-hydrogen) atoms. The van der Waals surface area contributed by atoms with E-state index in [0.717, 1.165) is 35.5 Å². The molecule has 0 radical (unpaired) electrons. The predicted molar refractivity (Wildman–Crippen MR) is 104 cm³/mol. The molecule has 0 bridgehead atoms. The fraction of sp³-hybridized carbons (Fsp3) is 1.00. The zero-order valence-electron chi connectivity index (χ0n) is 16.3. The van der Waals surface area contributed by atoms with Gasteiger partial charge in [0.05, 0.1) is 0 Å². The lowest BCUT2D eigenvalue weighted by Gasteiger charge is -2.43. The van der Waals surface area contributed by atoms with Crippen molar-refractivity contribution in [2.24, 2.45) is 47.0 Å². The van der Waals surface area contributed by atoms with Crippen molar-refractivity contribution < 1.29 is 0 Å². The molecule has 4 unspecified atom stereocenters. The van der Waals surface area contributed by atoms with Gasteiger partial charge in [-0.1, -0.05) is 33.1 Å². The second-order valence-corrected chi connectivity index (χ2v) is 9.75. The largest absolute Gasteiger partial charge is 0.328 e. The molecule has 0 aliphatic heterocycles. The van der Waals surface area contributed by atoms with Gasteiger partial charge in [0.1, 0.15) is 0 Å². The highest BCUT2D eigenvalue weighted by molar-refractivity contribution is 4.87. The summed E-state index contributed by atoms with van der Waals surface area (Å²) in [7, 11) is 0. The van der Waals surface area contributed by atoms with Crippen LogP contribution in [-0.4, -0.2) is 12.1 Å². The van der Waals surface area contributed by atoms with Gasteiger partial charge in [-0.05, 0) is 93.3 Å². The van der Waals surface area contributed by atoms with Crippen LogP contribution in [-0.2, 0) is 0 Å². The summed E-state index contributed by atoms with van der Waals surface area (Å²) in [6.07, 6.45) is 16.6. The number of hydrogen-bond donors (Lipinski definition) is 2. The number of hydrogen-bond acceptors (Lipinski definition) is 2. The first-order valence-corrected chi connectivity index (χ1v) is 11.1. The number of rotatable bonds is 4. The minimum absolute atomic E-state index is 0.491. The molecule has 0 aromatic rings. The number of nitrogens with two attached hydrogens (primary N) is 2. The summed E-state index contributed by atoms with van der Waals surface area (Å²) < 4.78 is 0. The maximum Gasteiger partial charge on any atom is 0.00390 e. The minimum atomic E-state index is 0.491. The van der Waals surface area contributed by atoms with Crippen molar-refractivity contribution in [3.05, 3.63) is 0 Å². The first-order chi connectivity index (χ1) is 11.5. The Morgan fingerprint density at radius 3 is 1.29 bits per heavy atom. The van der Waals surface area contributed by atoms with Gasteiger partial charge in [0.25, 0.3) is 0 Å². The van der Waals surface area contributed by atoms with E-state index in [4.69, 9.17) is 11.5 Å². The van der Waals surface area contributed by atoms with Gasteiger partial charge in [-0.15, -0.1) is 0 Å². The summed E-state index contributed by atoms with van der Waals surface area (Å²) in [4.78, 5) is 0. The minimum Gasteiger partial charge on any atom is -0.328 e. The Balaban J connectivity index is 1.51.